The van der Waals surface area contributed by atoms with Gasteiger partial charge in [-0.1, -0.05) is 5.16 Å². The molecule has 26 heavy (non-hydrogen) atoms. The normalized spacial score (nSPS) is 19.9. The van der Waals surface area contributed by atoms with Crippen LogP contribution in [0.3, 0.4) is 0 Å². The third-order valence-electron chi connectivity index (χ3n) is 4.75. The van der Waals surface area contributed by atoms with Gasteiger partial charge in [0.1, 0.15) is 5.75 Å². The van der Waals surface area contributed by atoms with E-state index in [9.17, 15) is 4.79 Å². The standard InChI is InChI=1S/C19H26N4O3/c1-25-16-11-5-13(6-12-16)19-22-18(26-23-19)4-2-3-17(24)21-15-9-7-14(20)8-10-15/h5-6,11-12,14-15H,2-4,7-10,20H2,1H3,(H,21,24). The third-order valence-corrected chi connectivity index (χ3v) is 4.75. The zero-order chi connectivity index (χ0) is 18.4. The number of hydrogen-bond acceptors (Lipinski definition) is 6. The van der Waals surface area contributed by atoms with Crippen LogP contribution >= 0.6 is 0 Å². The van der Waals surface area contributed by atoms with Gasteiger partial charge in [-0.25, -0.2) is 0 Å². The van der Waals surface area contributed by atoms with Crippen LogP contribution in [0, 0.1) is 0 Å². The summed E-state index contributed by atoms with van der Waals surface area (Å²) in [7, 11) is 1.63. The van der Waals surface area contributed by atoms with Crippen molar-refractivity contribution in [2.45, 2.75) is 57.0 Å². The number of carbonyl (C=O) groups excluding carboxylic acids is 1. The van der Waals surface area contributed by atoms with E-state index in [0.29, 0.717) is 37.0 Å². The lowest BCUT2D eigenvalue weighted by Gasteiger charge is -2.26. The van der Waals surface area contributed by atoms with Crippen LogP contribution in [0.1, 0.15) is 44.4 Å². The Balaban J connectivity index is 1.42. The molecule has 7 nitrogen and oxygen atoms in total. The minimum Gasteiger partial charge on any atom is -0.497 e. The van der Waals surface area contributed by atoms with Crippen LogP contribution in [-0.4, -0.2) is 35.2 Å². The first-order valence-corrected chi connectivity index (χ1v) is 9.16. The number of methoxy groups -OCH3 is 1. The molecule has 1 amide bonds. The first-order chi connectivity index (χ1) is 12.6. The Morgan fingerprint density at radius 1 is 1.27 bits per heavy atom. The lowest BCUT2D eigenvalue weighted by Crippen LogP contribution is -2.40. The first kappa shape index (κ1) is 18.4. The highest BCUT2D eigenvalue weighted by Gasteiger charge is 2.19. The van der Waals surface area contributed by atoms with Crippen molar-refractivity contribution in [3.63, 3.8) is 0 Å². The van der Waals surface area contributed by atoms with Crippen LogP contribution in [0.4, 0.5) is 0 Å². The van der Waals surface area contributed by atoms with Gasteiger partial charge in [-0.2, -0.15) is 4.98 Å². The number of rotatable bonds is 7. The summed E-state index contributed by atoms with van der Waals surface area (Å²) < 4.78 is 10.4. The monoisotopic (exact) mass is 358 g/mol. The van der Waals surface area contributed by atoms with Crippen molar-refractivity contribution in [3.05, 3.63) is 30.2 Å². The van der Waals surface area contributed by atoms with Crippen molar-refractivity contribution in [2.24, 2.45) is 5.73 Å². The number of nitrogens with zero attached hydrogens (tertiary/aromatic N) is 2. The van der Waals surface area contributed by atoms with Gasteiger partial charge in [0.25, 0.3) is 0 Å². The number of amides is 1. The zero-order valence-electron chi connectivity index (χ0n) is 15.1. The number of benzene rings is 1. The topological polar surface area (TPSA) is 103 Å². The van der Waals surface area contributed by atoms with Crippen molar-refractivity contribution in [1.82, 2.24) is 15.5 Å². The Morgan fingerprint density at radius 3 is 2.69 bits per heavy atom. The van der Waals surface area contributed by atoms with E-state index in [1.807, 2.05) is 24.3 Å². The maximum atomic E-state index is 12.0. The van der Waals surface area contributed by atoms with E-state index < -0.39 is 0 Å². The SMILES string of the molecule is COc1ccc(-c2noc(CCCC(=O)NC3CCC(N)CC3)n2)cc1. The average molecular weight is 358 g/mol. The second kappa shape index (κ2) is 8.80. The summed E-state index contributed by atoms with van der Waals surface area (Å²) in [5.41, 5.74) is 6.76. The number of carbonyl (C=O) groups is 1. The molecule has 0 aliphatic heterocycles. The molecule has 1 aliphatic rings. The summed E-state index contributed by atoms with van der Waals surface area (Å²) in [5, 5.41) is 7.10. The van der Waals surface area contributed by atoms with Crippen molar-refractivity contribution < 1.29 is 14.1 Å². The Hall–Kier alpha value is -2.41. The minimum absolute atomic E-state index is 0.0837. The van der Waals surface area contributed by atoms with E-state index in [1.165, 1.54) is 0 Å². The molecule has 1 aromatic heterocycles. The van der Waals surface area contributed by atoms with Crippen molar-refractivity contribution in [1.29, 1.82) is 0 Å². The van der Waals surface area contributed by atoms with E-state index >= 15 is 0 Å². The predicted octanol–water partition coefficient (Wildman–Crippen LogP) is 2.45. The van der Waals surface area contributed by atoms with Gasteiger partial charge in [-0.15, -0.1) is 0 Å². The molecular weight excluding hydrogens is 332 g/mol. The average Bonchev–Trinajstić information content (AvgIpc) is 3.12. The molecule has 7 heteroatoms. The molecule has 0 unspecified atom stereocenters. The van der Waals surface area contributed by atoms with E-state index in [4.69, 9.17) is 15.0 Å². The molecule has 0 atom stereocenters. The molecule has 1 aromatic carbocycles. The number of aryl methyl sites for hydroxylation is 1. The maximum absolute atomic E-state index is 12.0. The fraction of sp³-hybridized carbons (Fsp3) is 0.526. The highest BCUT2D eigenvalue weighted by Crippen LogP contribution is 2.20. The molecule has 1 saturated carbocycles. The molecule has 140 valence electrons. The Labute approximate surface area is 153 Å². The van der Waals surface area contributed by atoms with E-state index in [-0.39, 0.29) is 11.9 Å². The molecule has 2 aromatic rings. The summed E-state index contributed by atoms with van der Waals surface area (Å²) >= 11 is 0. The second-order valence-corrected chi connectivity index (χ2v) is 6.77. The molecule has 0 spiro atoms. The maximum Gasteiger partial charge on any atom is 0.226 e. The van der Waals surface area contributed by atoms with Gasteiger partial charge in [0.2, 0.25) is 17.6 Å². The van der Waals surface area contributed by atoms with Gasteiger partial charge >= 0.3 is 0 Å². The molecule has 3 rings (SSSR count). The van der Waals surface area contributed by atoms with Crippen LogP contribution in [0.5, 0.6) is 5.75 Å². The van der Waals surface area contributed by atoms with E-state index in [1.54, 1.807) is 7.11 Å². The number of hydrogen-bond donors (Lipinski definition) is 2. The predicted molar refractivity (Wildman–Crippen MR) is 97.6 cm³/mol. The Morgan fingerprint density at radius 2 is 2.00 bits per heavy atom. The van der Waals surface area contributed by atoms with Gasteiger partial charge < -0.3 is 20.3 Å². The quantitative estimate of drug-likeness (QED) is 0.788. The highest BCUT2D eigenvalue weighted by molar-refractivity contribution is 5.76. The van der Waals surface area contributed by atoms with Crippen molar-refractivity contribution in [3.8, 4) is 17.1 Å². The van der Waals surface area contributed by atoms with Crippen molar-refractivity contribution in [2.75, 3.05) is 7.11 Å². The van der Waals surface area contributed by atoms with Crippen LogP contribution in [-0.2, 0) is 11.2 Å². The largest absolute Gasteiger partial charge is 0.497 e. The van der Waals surface area contributed by atoms with E-state index in [0.717, 1.165) is 37.0 Å². The van der Waals surface area contributed by atoms with Crippen LogP contribution < -0.4 is 15.8 Å². The van der Waals surface area contributed by atoms with Gasteiger partial charge in [0.05, 0.1) is 7.11 Å². The van der Waals surface area contributed by atoms with Gasteiger partial charge in [0, 0.05) is 30.5 Å². The Bertz CT molecular complexity index is 706. The van der Waals surface area contributed by atoms with Gasteiger partial charge in [-0.05, 0) is 56.4 Å². The highest BCUT2D eigenvalue weighted by atomic mass is 16.5. The lowest BCUT2D eigenvalue weighted by molar-refractivity contribution is -0.122. The summed E-state index contributed by atoms with van der Waals surface area (Å²) in [5.74, 6) is 1.96. The molecule has 1 aliphatic carbocycles. The number of nitrogens with two attached hydrogens (primary N) is 1. The molecule has 0 bridgehead atoms. The minimum atomic E-state index is 0.0837. The van der Waals surface area contributed by atoms with Gasteiger partial charge in [0.15, 0.2) is 0 Å². The smallest absolute Gasteiger partial charge is 0.226 e. The molecule has 1 fully saturated rings. The summed E-state index contributed by atoms with van der Waals surface area (Å²) in [6.45, 7) is 0. The third kappa shape index (κ3) is 5.05. The number of nitrogens with one attached hydrogen (secondary N) is 1. The van der Waals surface area contributed by atoms with E-state index in [2.05, 4.69) is 15.5 Å². The number of ether oxygens (including phenoxy) is 1. The lowest BCUT2D eigenvalue weighted by atomic mass is 9.92. The summed E-state index contributed by atoms with van der Waals surface area (Å²) in [6.07, 6.45) is 5.66. The Kier molecular flexibility index (Phi) is 6.22. The van der Waals surface area contributed by atoms with Gasteiger partial charge in [-0.3, -0.25) is 4.79 Å². The molecule has 3 N–H and O–H groups in total. The van der Waals surface area contributed by atoms with Crippen LogP contribution in [0.25, 0.3) is 11.4 Å². The fourth-order valence-electron chi connectivity index (χ4n) is 3.18. The number of aromatic nitrogens is 2. The fourth-order valence-corrected chi connectivity index (χ4v) is 3.18. The van der Waals surface area contributed by atoms with Crippen LogP contribution in [0.15, 0.2) is 28.8 Å². The molecule has 1 heterocycles. The molecule has 0 radical (unpaired) electrons. The summed E-state index contributed by atoms with van der Waals surface area (Å²) in [4.78, 5) is 16.4. The second-order valence-electron chi connectivity index (χ2n) is 6.77. The molecule has 0 saturated heterocycles. The van der Waals surface area contributed by atoms with Crippen LogP contribution in [0.2, 0.25) is 0 Å². The zero-order valence-corrected chi connectivity index (χ0v) is 15.1. The van der Waals surface area contributed by atoms with Crippen molar-refractivity contribution >= 4 is 5.91 Å². The first-order valence-electron chi connectivity index (χ1n) is 9.16. The molecular formula is C19H26N4O3. The summed E-state index contributed by atoms with van der Waals surface area (Å²) in [6, 6.07) is 8.04.